The first-order valence-corrected chi connectivity index (χ1v) is 15.3. The van der Waals surface area contributed by atoms with E-state index in [4.69, 9.17) is 16.3 Å². The third kappa shape index (κ3) is 7.57. The normalized spacial score (nSPS) is 19.3. The van der Waals surface area contributed by atoms with Crippen molar-refractivity contribution >= 4 is 35.3 Å². The lowest BCUT2D eigenvalue weighted by molar-refractivity contribution is -0.139. The summed E-state index contributed by atoms with van der Waals surface area (Å²) in [6.45, 7) is -0.106. The molecule has 11 heteroatoms. The molecular weight excluding hydrogens is 598 g/mol. The van der Waals surface area contributed by atoms with Crippen molar-refractivity contribution < 1.29 is 34.1 Å². The number of hydrogen-bond acceptors (Lipinski definition) is 6. The van der Waals surface area contributed by atoms with Gasteiger partial charge in [-0.3, -0.25) is 14.4 Å². The van der Waals surface area contributed by atoms with Gasteiger partial charge >= 0.3 is 5.97 Å². The number of amides is 3. The molecule has 10 nitrogen and oxygen atoms in total. The third-order valence-electron chi connectivity index (χ3n) is 8.81. The van der Waals surface area contributed by atoms with Crippen molar-refractivity contribution in [2.24, 2.45) is 11.8 Å². The van der Waals surface area contributed by atoms with Gasteiger partial charge in [-0.25, -0.2) is 4.79 Å². The number of carbonyl (C=O) groups is 4. The number of hydrogen-bond donors (Lipinski definition) is 5. The van der Waals surface area contributed by atoms with Crippen LogP contribution in [0, 0.1) is 11.8 Å². The van der Waals surface area contributed by atoms with E-state index >= 15 is 0 Å². The first kappa shape index (κ1) is 31.8. The fraction of sp³-hybridized carbons (Fsp3) is 0.353. The number of methoxy groups -OCH3 is 1. The zero-order chi connectivity index (χ0) is 32.1. The van der Waals surface area contributed by atoms with Gasteiger partial charge in [0, 0.05) is 24.6 Å². The van der Waals surface area contributed by atoms with Crippen molar-refractivity contribution in [1.29, 1.82) is 0 Å². The summed E-state index contributed by atoms with van der Waals surface area (Å²) in [5.74, 6) is -1.21. The number of ether oxygens (including phenoxy) is 1. The van der Waals surface area contributed by atoms with E-state index in [1.807, 2.05) is 6.07 Å². The highest BCUT2D eigenvalue weighted by molar-refractivity contribution is 6.34. The number of carboxylic acid groups (broad SMARTS) is 1. The number of carbonyl (C=O) groups excluding carboxylic acids is 3. The summed E-state index contributed by atoms with van der Waals surface area (Å²) in [6.07, 6.45) is 4.23. The lowest BCUT2D eigenvalue weighted by Crippen LogP contribution is -2.49. The van der Waals surface area contributed by atoms with Crippen LogP contribution in [0.2, 0.25) is 5.02 Å². The molecule has 0 saturated heterocycles. The first-order valence-electron chi connectivity index (χ1n) is 15.0. The number of carboxylic acids is 1. The minimum Gasteiger partial charge on any atom is -0.508 e. The fourth-order valence-electron chi connectivity index (χ4n) is 6.43. The molecule has 0 heterocycles. The van der Waals surface area contributed by atoms with Gasteiger partial charge < -0.3 is 30.9 Å². The highest BCUT2D eigenvalue weighted by atomic mass is 35.5. The molecule has 0 radical (unpaired) electrons. The number of aryl methyl sites for hydroxylation is 1. The van der Waals surface area contributed by atoms with Gasteiger partial charge in [0.15, 0.2) is 0 Å². The summed E-state index contributed by atoms with van der Waals surface area (Å²) in [5, 5.41) is 27.2. The smallest absolute Gasteiger partial charge is 0.328 e. The monoisotopic (exact) mass is 633 g/mol. The van der Waals surface area contributed by atoms with Crippen LogP contribution in [0.5, 0.6) is 11.5 Å². The minimum absolute atomic E-state index is 0.00713. The molecule has 1 saturated carbocycles. The van der Waals surface area contributed by atoms with Gasteiger partial charge in [-0.1, -0.05) is 29.8 Å². The Morgan fingerprint density at radius 3 is 2.53 bits per heavy atom. The molecule has 1 fully saturated rings. The Bertz CT molecular complexity index is 1610. The predicted molar refractivity (Wildman–Crippen MR) is 168 cm³/mol. The van der Waals surface area contributed by atoms with E-state index in [-0.39, 0.29) is 46.8 Å². The van der Waals surface area contributed by atoms with E-state index in [0.29, 0.717) is 23.8 Å². The number of nitrogens with one attached hydrogen (secondary N) is 3. The number of phenols is 1. The summed E-state index contributed by atoms with van der Waals surface area (Å²) in [5.41, 5.74) is 3.54. The molecule has 0 aromatic heterocycles. The molecule has 0 aliphatic heterocycles. The number of rotatable bonds is 10. The van der Waals surface area contributed by atoms with Gasteiger partial charge in [-0.15, -0.1) is 0 Å². The van der Waals surface area contributed by atoms with Crippen molar-refractivity contribution in [3.05, 3.63) is 93.5 Å². The third-order valence-corrected chi connectivity index (χ3v) is 9.12. The maximum Gasteiger partial charge on any atom is 0.328 e. The summed E-state index contributed by atoms with van der Waals surface area (Å²) < 4.78 is 5.37. The Labute approximate surface area is 266 Å². The Morgan fingerprint density at radius 2 is 1.80 bits per heavy atom. The SMILES string of the molecule is COc1ccc2c(c1)CCC1CC(C(=O)NC[C@H](NC(=O)c3ccc(C(=O)NCc4cccc(O)c4)cc3Cl)C(=O)O)CCC21. The number of aliphatic carboxylic acids is 1. The van der Waals surface area contributed by atoms with Crippen LogP contribution >= 0.6 is 11.6 Å². The van der Waals surface area contributed by atoms with E-state index in [0.717, 1.165) is 31.4 Å². The maximum atomic E-state index is 13.1. The molecule has 4 atom stereocenters. The summed E-state index contributed by atoms with van der Waals surface area (Å²) >= 11 is 6.30. The molecule has 5 N–H and O–H groups in total. The second-order valence-electron chi connectivity index (χ2n) is 11.6. The van der Waals surface area contributed by atoms with Crippen LogP contribution in [0.25, 0.3) is 0 Å². The van der Waals surface area contributed by atoms with Crippen LogP contribution in [0.3, 0.4) is 0 Å². The molecule has 3 aromatic rings. The number of halogens is 1. The molecule has 0 spiro atoms. The molecule has 3 aromatic carbocycles. The number of fused-ring (bicyclic) bond motifs is 3. The van der Waals surface area contributed by atoms with Crippen LogP contribution in [-0.2, 0) is 22.6 Å². The van der Waals surface area contributed by atoms with Gasteiger partial charge in [0.25, 0.3) is 11.8 Å². The maximum absolute atomic E-state index is 13.1. The quantitative estimate of drug-likeness (QED) is 0.221. The number of benzene rings is 3. The van der Waals surface area contributed by atoms with E-state index in [2.05, 4.69) is 28.1 Å². The largest absolute Gasteiger partial charge is 0.508 e. The summed E-state index contributed by atoms with van der Waals surface area (Å²) in [6, 6.07) is 15.4. The molecule has 2 aliphatic carbocycles. The Morgan fingerprint density at radius 1 is 0.978 bits per heavy atom. The van der Waals surface area contributed by atoms with Crippen LogP contribution < -0.4 is 20.7 Å². The second-order valence-corrected chi connectivity index (χ2v) is 12.0. The molecule has 5 rings (SSSR count). The van der Waals surface area contributed by atoms with E-state index in [9.17, 15) is 29.4 Å². The number of aromatic hydroxyl groups is 1. The highest BCUT2D eigenvalue weighted by Gasteiger charge is 2.38. The zero-order valence-electron chi connectivity index (χ0n) is 24.8. The van der Waals surface area contributed by atoms with Gasteiger partial charge in [0.1, 0.15) is 17.5 Å². The van der Waals surface area contributed by atoms with Crippen molar-refractivity contribution in [2.45, 2.75) is 50.6 Å². The highest BCUT2D eigenvalue weighted by Crippen LogP contribution is 2.47. The second kappa shape index (κ2) is 14.0. The molecule has 3 amide bonds. The van der Waals surface area contributed by atoms with E-state index < -0.39 is 23.8 Å². The van der Waals surface area contributed by atoms with Gasteiger partial charge in [-0.05, 0) is 103 Å². The minimum atomic E-state index is -1.38. The molecule has 236 valence electrons. The molecule has 3 unspecified atom stereocenters. The molecule has 45 heavy (non-hydrogen) atoms. The van der Waals surface area contributed by atoms with Gasteiger partial charge in [0.05, 0.1) is 17.7 Å². The predicted octanol–water partition coefficient (Wildman–Crippen LogP) is 4.43. The van der Waals surface area contributed by atoms with Crippen LogP contribution in [0.15, 0.2) is 60.7 Å². The Hall–Kier alpha value is -4.57. The van der Waals surface area contributed by atoms with Crippen molar-refractivity contribution in [1.82, 2.24) is 16.0 Å². The Kier molecular flexibility index (Phi) is 9.93. The van der Waals surface area contributed by atoms with Gasteiger partial charge in [0.2, 0.25) is 5.91 Å². The zero-order valence-corrected chi connectivity index (χ0v) is 25.6. The van der Waals surface area contributed by atoms with E-state index in [1.165, 1.54) is 41.5 Å². The van der Waals surface area contributed by atoms with Crippen LogP contribution in [0.4, 0.5) is 0 Å². The van der Waals surface area contributed by atoms with E-state index in [1.54, 1.807) is 19.2 Å². The Balaban J connectivity index is 1.13. The topological polar surface area (TPSA) is 154 Å². The lowest BCUT2D eigenvalue weighted by Gasteiger charge is -2.40. The standard InChI is InChI=1S/C34H36ClN3O7/c1-45-25-9-12-27-21(15-25)6-5-20-14-22(7-10-26(20)27)31(40)37-18-30(34(43)44)38-33(42)28-11-8-23(16-29(28)35)32(41)36-17-19-3-2-4-24(39)13-19/h2-4,8-9,11-13,15-16,20,22,26,30,39H,5-7,10,14,17-18H2,1H3,(H,36,41)(H,37,40)(H,38,42)(H,43,44)/t20?,22?,26?,30-/m0/s1. The van der Waals surface area contributed by atoms with Gasteiger partial charge in [-0.2, -0.15) is 0 Å². The van der Waals surface area contributed by atoms with Crippen LogP contribution in [-0.4, -0.2) is 53.6 Å². The summed E-state index contributed by atoms with van der Waals surface area (Å²) in [7, 11) is 1.66. The average Bonchev–Trinajstić information content (AvgIpc) is 3.04. The average molecular weight is 634 g/mol. The molecular formula is C34H36ClN3O7. The van der Waals surface area contributed by atoms with Crippen molar-refractivity contribution in [3.8, 4) is 11.5 Å². The fourth-order valence-corrected chi connectivity index (χ4v) is 6.70. The summed E-state index contributed by atoms with van der Waals surface area (Å²) in [4.78, 5) is 50.6. The van der Waals surface area contributed by atoms with Crippen molar-refractivity contribution in [2.75, 3.05) is 13.7 Å². The molecule has 0 bridgehead atoms. The lowest BCUT2D eigenvalue weighted by atomic mass is 9.65. The van der Waals surface area contributed by atoms with Crippen molar-refractivity contribution in [3.63, 3.8) is 0 Å². The number of phenolic OH excluding ortho intramolecular Hbond substituents is 1. The first-order chi connectivity index (χ1) is 21.6. The van der Waals surface area contributed by atoms with Crippen LogP contribution in [0.1, 0.15) is 69.0 Å². The molecule has 2 aliphatic rings.